The van der Waals surface area contributed by atoms with Gasteiger partial charge in [0.05, 0.1) is 23.2 Å². The molecule has 15 heteroatoms. The summed E-state index contributed by atoms with van der Waals surface area (Å²) in [5.41, 5.74) is 3.50. The minimum Gasteiger partial charge on any atom is -0.468 e. The lowest BCUT2D eigenvalue weighted by atomic mass is 9.96. The van der Waals surface area contributed by atoms with Gasteiger partial charge in [-0.15, -0.1) is 5.54 Å². The van der Waals surface area contributed by atoms with Crippen LogP contribution < -0.4 is 15.3 Å². The number of ether oxygens (including phenoxy) is 3. The molecule has 6 rings (SSSR count). The lowest BCUT2D eigenvalue weighted by Crippen LogP contribution is -2.57. The second-order valence-corrected chi connectivity index (χ2v) is 24.6. The number of hydrogen-bond acceptors (Lipinski definition) is 11. The zero-order valence-electron chi connectivity index (χ0n) is 34.7. The number of piperazine rings is 1. The van der Waals surface area contributed by atoms with Gasteiger partial charge in [-0.1, -0.05) is 53.5 Å². The highest BCUT2D eigenvalue weighted by Crippen LogP contribution is 2.42. The lowest BCUT2D eigenvalue weighted by Gasteiger charge is -2.41. The summed E-state index contributed by atoms with van der Waals surface area (Å²) in [6.45, 7) is 19.0. The van der Waals surface area contributed by atoms with Gasteiger partial charge < -0.3 is 23.5 Å². The Morgan fingerprint density at radius 2 is 1.63 bits per heavy atom. The highest BCUT2D eigenvalue weighted by molar-refractivity contribution is 7.90. The number of aromatic nitrogens is 2. The smallest absolute Gasteiger partial charge is 0.410 e. The minimum atomic E-state index is -3.97. The third kappa shape index (κ3) is 8.13. The standard InChI is InChI=1S/C42H53FN4O8SSi/c1-24(2)57(25(3)4,26(5)6)17-16-31-33(43)15-12-27-18-30(53-23-52-10)19-32(36(27)31)35-20-34-37(39(48)54-35)38(45-40(44-34)56(11,50)51)46-21-28-13-14-29(22-46)47(28)41(49)55-42(7,8)9/h12,15,18-20,24-26,28-29H,13-14,21-23H2,1-11H3. The van der Waals surface area contributed by atoms with Gasteiger partial charge >= 0.3 is 11.7 Å². The number of amides is 1. The first kappa shape index (κ1) is 42.1. The lowest BCUT2D eigenvalue weighted by molar-refractivity contribution is 0.0122. The topological polar surface area (TPSA) is 141 Å². The van der Waals surface area contributed by atoms with E-state index < -0.39 is 46.2 Å². The number of rotatable bonds is 9. The molecule has 2 unspecified atom stereocenters. The van der Waals surface area contributed by atoms with E-state index in [1.165, 1.54) is 19.2 Å². The van der Waals surface area contributed by atoms with Crippen LogP contribution in [-0.4, -0.2) is 88.4 Å². The molecule has 1 amide bonds. The zero-order valence-corrected chi connectivity index (χ0v) is 36.5. The van der Waals surface area contributed by atoms with Crippen LogP contribution in [0.2, 0.25) is 16.6 Å². The normalized spacial score (nSPS) is 17.5. The first-order chi connectivity index (χ1) is 26.7. The molecule has 2 aromatic carbocycles. The molecule has 2 aromatic heterocycles. The predicted octanol–water partition coefficient (Wildman–Crippen LogP) is 8.09. The molecule has 2 aliphatic heterocycles. The van der Waals surface area contributed by atoms with E-state index in [4.69, 9.17) is 18.6 Å². The molecule has 0 N–H and O–H groups in total. The largest absolute Gasteiger partial charge is 0.468 e. The summed E-state index contributed by atoms with van der Waals surface area (Å²) in [5, 5.41) is 0.499. The van der Waals surface area contributed by atoms with E-state index in [2.05, 4.69) is 63.0 Å². The monoisotopic (exact) mass is 820 g/mol. The van der Waals surface area contributed by atoms with Crippen molar-refractivity contribution in [2.75, 3.05) is 38.1 Å². The molecule has 57 heavy (non-hydrogen) atoms. The third-order valence-corrected chi connectivity index (χ3v) is 18.3. The molecule has 0 radical (unpaired) electrons. The van der Waals surface area contributed by atoms with Gasteiger partial charge in [0.15, 0.2) is 6.79 Å². The molecule has 2 aliphatic rings. The Kier molecular flexibility index (Phi) is 11.6. The molecule has 0 saturated carbocycles. The molecule has 0 aliphatic carbocycles. The number of sulfone groups is 1. The Morgan fingerprint density at radius 3 is 2.19 bits per heavy atom. The summed E-state index contributed by atoms with van der Waals surface area (Å²) in [6, 6.07) is 7.32. The maximum absolute atomic E-state index is 16.1. The van der Waals surface area contributed by atoms with E-state index in [1.54, 1.807) is 23.1 Å². The molecular formula is C42H53FN4O8SSi. The minimum absolute atomic E-state index is 0.00743. The fourth-order valence-electron chi connectivity index (χ4n) is 8.81. The van der Waals surface area contributed by atoms with Crippen LogP contribution in [0.25, 0.3) is 33.0 Å². The van der Waals surface area contributed by atoms with Gasteiger partial charge in [0.1, 0.15) is 42.2 Å². The number of fused-ring (bicyclic) bond motifs is 4. The Labute approximate surface area is 335 Å². The summed E-state index contributed by atoms with van der Waals surface area (Å²) in [4.78, 5) is 39.9. The van der Waals surface area contributed by atoms with Crippen LogP contribution in [0.1, 0.15) is 80.7 Å². The van der Waals surface area contributed by atoms with Crippen molar-refractivity contribution in [3.05, 3.63) is 52.1 Å². The van der Waals surface area contributed by atoms with Gasteiger partial charge in [0, 0.05) is 43.5 Å². The number of anilines is 1. The number of hydrogen-bond donors (Lipinski definition) is 0. The Balaban J connectivity index is 1.57. The SMILES string of the molecule is COCOc1cc(-c2cc3nc(S(C)(=O)=O)nc(N4CC5CCC(C4)N5C(=O)OC(C)(C)C)c3c(=O)o2)c2c(C#C[Si](C(C)C)(C(C)C)C(C)C)c(F)ccc2c1. The Bertz CT molecular complexity index is 2420. The summed E-state index contributed by atoms with van der Waals surface area (Å²) in [7, 11) is -4.80. The van der Waals surface area contributed by atoms with Gasteiger partial charge in [-0.2, -0.15) is 4.98 Å². The number of halogens is 1. The Hall–Kier alpha value is -4.52. The summed E-state index contributed by atoms with van der Waals surface area (Å²) in [6.07, 6.45) is 1.98. The quantitative estimate of drug-likeness (QED) is 0.0700. The van der Waals surface area contributed by atoms with Crippen molar-refractivity contribution >= 4 is 51.5 Å². The van der Waals surface area contributed by atoms with Crippen molar-refractivity contribution in [3.8, 4) is 28.5 Å². The number of carbonyl (C=O) groups excluding carboxylic acids is 1. The number of carbonyl (C=O) groups is 1. The van der Waals surface area contributed by atoms with Crippen LogP contribution in [0, 0.1) is 17.3 Å². The van der Waals surface area contributed by atoms with Crippen LogP contribution >= 0.6 is 0 Å². The molecule has 12 nitrogen and oxygen atoms in total. The van der Waals surface area contributed by atoms with E-state index in [1.807, 2.05) is 25.7 Å². The van der Waals surface area contributed by atoms with Gasteiger partial charge in [-0.25, -0.2) is 27.4 Å². The molecular weight excluding hydrogens is 768 g/mol. The molecule has 2 fully saturated rings. The highest BCUT2D eigenvalue weighted by atomic mass is 32.2. The molecule has 4 aromatic rings. The van der Waals surface area contributed by atoms with Crippen LogP contribution in [0.3, 0.4) is 0 Å². The predicted molar refractivity (Wildman–Crippen MR) is 222 cm³/mol. The van der Waals surface area contributed by atoms with Gasteiger partial charge in [-0.3, -0.25) is 4.90 Å². The first-order valence-corrected chi connectivity index (χ1v) is 23.5. The second kappa shape index (κ2) is 15.7. The van der Waals surface area contributed by atoms with Crippen molar-refractivity contribution in [1.82, 2.24) is 14.9 Å². The first-order valence-electron chi connectivity index (χ1n) is 19.4. The average Bonchev–Trinajstić information content (AvgIpc) is 3.38. The number of methoxy groups -OCH3 is 1. The summed E-state index contributed by atoms with van der Waals surface area (Å²) < 4.78 is 65.1. The molecule has 2 atom stereocenters. The maximum Gasteiger partial charge on any atom is 0.410 e. The van der Waals surface area contributed by atoms with Gasteiger partial charge in [0.25, 0.3) is 0 Å². The summed E-state index contributed by atoms with van der Waals surface area (Å²) >= 11 is 0. The van der Waals surface area contributed by atoms with Crippen molar-refractivity contribution in [1.29, 1.82) is 0 Å². The third-order valence-electron chi connectivity index (χ3n) is 11.2. The second-order valence-electron chi connectivity index (χ2n) is 17.1. The highest BCUT2D eigenvalue weighted by Gasteiger charge is 2.45. The van der Waals surface area contributed by atoms with Gasteiger partial charge in [-0.05, 0) is 73.8 Å². The van der Waals surface area contributed by atoms with Gasteiger partial charge in [0.2, 0.25) is 15.0 Å². The van der Waals surface area contributed by atoms with E-state index in [0.717, 1.165) is 6.26 Å². The molecule has 4 heterocycles. The fraction of sp³-hybridized carbons (Fsp3) is 0.524. The molecule has 2 saturated heterocycles. The van der Waals surface area contributed by atoms with Crippen molar-refractivity contribution in [2.24, 2.45) is 0 Å². The molecule has 306 valence electrons. The van der Waals surface area contributed by atoms with E-state index in [-0.39, 0.29) is 60.0 Å². The van der Waals surface area contributed by atoms with Crippen molar-refractivity contribution in [2.45, 2.75) is 115 Å². The van der Waals surface area contributed by atoms with Crippen LogP contribution in [-0.2, 0) is 19.3 Å². The molecule has 0 spiro atoms. The fourth-order valence-corrected chi connectivity index (χ4v) is 14.5. The Morgan fingerprint density at radius 1 is 1.00 bits per heavy atom. The van der Waals surface area contributed by atoms with E-state index >= 15 is 4.39 Å². The van der Waals surface area contributed by atoms with Crippen molar-refractivity contribution < 1.29 is 36.2 Å². The van der Waals surface area contributed by atoms with Crippen molar-refractivity contribution in [3.63, 3.8) is 0 Å². The van der Waals surface area contributed by atoms with Crippen LogP contribution in [0.15, 0.2) is 44.7 Å². The van der Waals surface area contributed by atoms with Crippen LogP contribution in [0.4, 0.5) is 15.0 Å². The molecule has 2 bridgehead atoms. The number of benzene rings is 2. The van der Waals surface area contributed by atoms with E-state index in [9.17, 15) is 18.0 Å². The average molecular weight is 821 g/mol. The summed E-state index contributed by atoms with van der Waals surface area (Å²) in [5.74, 6) is 3.22. The maximum atomic E-state index is 16.1. The van der Waals surface area contributed by atoms with Crippen LogP contribution in [0.5, 0.6) is 5.75 Å². The zero-order chi connectivity index (χ0) is 41.8. The van der Waals surface area contributed by atoms with E-state index in [0.29, 0.717) is 51.6 Å². The number of nitrogens with zero attached hydrogens (tertiary/aromatic N) is 4.